The Kier molecular flexibility index (Phi) is 3.34. The minimum absolute atomic E-state index is 0.00791. The fourth-order valence-corrected chi connectivity index (χ4v) is 2.84. The van der Waals surface area contributed by atoms with E-state index in [1.54, 1.807) is 0 Å². The van der Waals surface area contributed by atoms with Gasteiger partial charge in [-0.2, -0.15) is 0 Å². The zero-order valence-electron chi connectivity index (χ0n) is 10.9. The molecule has 1 saturated heterocycles. The van der Waals surface area contributed by atoms with Crippen LogP contribution in [-0.2, 0) is 11.2 Å². The summed E-state index contributed by atoms with van der Waals surface area (Å²) in [6, 6.07) is 5.82. The highest BCUT2D eigenvalue weighted by Gasteiger charge is 2.21. The molecule has 2 aliphatic rings. The van der Waals surface area contributed by atoms with E-state index < -0.39 is 0 Å². The Bertz CT molecular complexity index is 519. The number of carbonyl (C=O) groups is 2. The van der Waals surface area contributed by atoms with E-state index in [-0.39, 0.29) is 11.7 Å². The molecule has 4 nitrogen and oxygen atoms in total. The van der Waals surface area contributed by atoms with Gasteiger partial charge in [0.1, 0.15) is 0 Å². The van der Waals surface area contributed by atoms with Crippen LogP contribution in [0.1, 0.15) is 41.6 Å². The first kappa shape index (κ1) is 12.4. The van der Waals surface area contributed by atoms with Crippen molar-refractivity contribution in [3.63, 3.8) is 0 Å². The standard InChI is InChI=1S/C15H18N2O2/c18-14(9-12-3-1-2-6-16-12)10-4-5-13-11(7-10)8-15(19)17-13/h4-5,7,12,16H,1-3,6,8-9H2,(H,17,19). The SMILES string of the molecule is O=C1Cc2cc(C(=O)CC3CCCCN3)ccc2N1. The summed E-state index contributed by atoms with van der Waals surface area (Å²) in [6.45, 7) is 1.01. The lowest BCUT2D eigenvalue weighted by atomic mass is 9.96. The number of hydrogen-bond acceptors (Lipinski definition) is 3. The maximum absolute atomic E-state index is 12.2. The molecule has 1 aromatic carbocycles. The van der Waals surface area contributed by atoms with E-state index in [4.69, 9.17) is 0 Å². The molecule has 1 fully saturated rings. The van der Waals surface area contributed by atoms with Crippen LogP contribution in [0.25, 0.3) is 0 Å². The Balaban J connectivity index is 1.70. The molecule has 3 rings (SSSR count). The molecule has 100 valence electrons. The number of benzene rings is 1. The maximum Gasteiger partial charge on any atom is 0.228 e. The highest BCUT2D eigenvalue weighted by Crippen LogP contribution is 2.25. The lowest BCUT2D eigenvalue weighted by Gasteiger charge is -2.22. The van der Waals surface area contributed by atoms with Crippen molar-refractivity contribution in [3.8, 4) is 0 Å². The highest BCUT2D eigenvalue weighted by atomic mass is 16.1. The molecule has 0 spiro atoms. The molecular formula is C15H18N2O2. The van der Waals surface area contributed by atoms with Crippen molar-refractivity contribution in [1.82, 2.24) is 5.32 Å². The second-order valence-electron chi connectivity index (χ2n) is 5.37. The zero-order chi connectivity index (χ0) is 13.2. The van der Waals surface area contributed by atoms with E-state index in [1.807, 2.05) is 18.2 Å². The summed E-state index contributed by atoms with van der Waals surface area (Å²) in [5, 5.41) is 6.17. The number of hydrogen-bond donors (Lipinski definition) is 2. The van der Waals surface area contributed by atoms with Crippen LogP contribution in [0, 0.1) is 0 Å². The van der Waals surface area contributed by atoms with Gasteiger partial charge in [-0.1, -0.05) is 6.42 Å². The zero-order valence-corrected chi connectivity index (χ0v) is 10.9. The van der Waals surface area contributed by atoms with Crippen molar-refractivity contribution in [1.29, 1.82) is 0 Å². The Hall–Kier alpha value is -1.68. The second-order valence-corrected chi connectivity index (χ2v) is 5.37. The van der Waals surface area contributed by atoms with Crippen molar-refractivity contribution < 1.29 is 9.59 Å². The average molecular weight is 258 g/mol. The molecule has 0 bridgehead atoms. The molecule has 0 radical (unpaired) electrons. The molecule has 4 heteroatoms. The number of fused-ring (bicyclic) bond motifs is 1. The van der Waals surface area contributed by atoms with E-state index >= 15 is 0 Å². The van der Waals surface area contributed by atoms with Crippen molar-refractivity contribution >= 4 is 17.4 Å². The third-order valence-electron chi connectivity index (χ3n) is 3.90. The molecule has 2 heterocycles. The van der Waals surface area contributed by atoms with Gasteiger partial charge in [-0.25, -0.2) is 0 Å². The summed E-state index contributed by atoms with van der Waals surface area (Å²) < 4.78 is 0. The smallest absolute Gasteiger partial charge is 0.228 e. The number of anilines is 1. The van der Waals surface area contributed by atoms with E-state index in [0.717, 1.165) is 29.8 Å². The Morgan fingerprint density at radius 2 is 2.21 bits per heavy atom. The fraction of sp³-hybridized carbons (Fsp3) is 0.467. The molecule has 0 aromatic heterocycles. The summed E-state index contributed by atoms with van der Waals surface area (Å²) in [5.41, 5.74) is 2.51. The topological polar surface area (TPSA) is 58.2 Å². The predicted octanol–water partition coefficient (Wildman–Crippen LogP) is 1.90. The fourth-order valence-electron chi connectivity index (χ4n) is 2.84. The second kappa shape index (κ2) is 5.13. The maximum atomic E-state index is 12.2. The van der Waals surface area contributed by atoms with Gasteiger partial charge in [0, 0.05) is 23.7 Å². The number of nitrogens with one attached hydrogen (secondary N) is 2. The Morgan fingerprint density at radius 1 is 1.32 bits per heavy atom. The van der Waals surface area contributed by atoms with Crippen LogP contribution >= 0.6 is 0 Å². The van der Waals surface area contributed by atoms with Gasteiger partial charge in [0.15, 0.2) is 5.78 Å². The van der Waals surface area contributed by atoms with Gasteiger partial charge in [0.05, 0.1) is 6.42 Å². The van der Waals surface area contributed by atoms with Gasteiger partial charge < -0.3 is 10.6 Å². The van der Waals surface area contributed by atoms with Crippen molar-refractivity contribution in [2.24, 2.45) is 0 Å². The number of amides is 1. The molecular weight excluding hydrogens is 240 g/mol. The minimum Gasteiger partial charge on any atom is -0.326 e. The van der Waals surface area contributed by atoms with Crippen molar-refractivity contribution in [2.75, 3.05) is 11.9 Å². The molecule has 1 atom stereocenters. The van der Waals surface area contributed by atoms with E-state index in [9.17, 15) is 9.59 Å². The molecule has 2 aliphatic heterocycles. The van der Waals surface area contributed by atoms with Gasteiger partial charge in [-0.05, 0) is 43.1 Å². The van der Waals surface area contributed by atoms with E-state index in [0.29, 0.717) is 18.9 Å². The lowest BCUT2D eigenvalue weighted by Crippen LogP contribution is -2.35. The van der Waals surface area contributed by atoms with Crippen LogP contribution in [0.4, 0.5) is 5.69 Å². The normalized spacial score (nSPS) is 21.9. The number of Topliss-reactive ketones (excluding diaryl/α,β-unsaturated/α-hetero) is 1. The number of ketones is 1. The lowest BCUT2D eigenvalue weighted by molar-refractivity contribution is -0.115. The van der Waals surface area contributed by atoms with Crippen LogP contribution in [0.15, 0.2) is 18.2 Å². The van der Waals surface area contributed by atoms with Crippen LogP contribution in [0.3, 0.4) is 0 Å². The van der Waals surface area contributed by atoms with Gasteiger partial charge in [0.25, 0.3) is 0 Å². The molecule has 0 aliphatic carbocycles. The van der Waals surface area contributed by atoms with E-state index in [1.165, 1.54) is 12.8 Å². The summed E-state index contributed by atoms with van der Waals surface area (Å²) in [7, 11) is 0. The Labute approximate surface area is 112 Å². The van der Waals surface area contributed by atoms with Crippen LogP contribution in [0.2, 0.25) is 0 Å². The minimum atomic E-state index is 0.00791. The van der Waals surface area contributed by atoms with Crippen LogP contribution in [0.5, 0.6) is 0 Å². The summed E-state index contributed by atoms with van der Waals surface area (Å²) in [6.07, 6.45) is 4.43. The summed E-state index contributed by atoms with van der Waals surface area (Å²) in [4.78, 5) is 23.5. The largest absolute Gasteiger partial charge is 0.326 e. The number of carbonyl (C=O) groups excluding carboxylic acids is 2. The van der Waals surface area contributed by atoms with Crippen molar-refractivity contribution in [2.45, 2.75) is 38.1 Å². The first-order valence-corrected chi connectivity index (χ1v) is 6.92. The molecule has 1 unspecified atom stereocenters. The van der Waals surface area contributed by atoms with Crippen LogP contribution < -0.4 is 10.6 Å². The molecule has 19 heavy (non-hydrogen) atoms. The summed E-state index contributed by atoms with van der Waals surface area (Å²) >= 11 is 0. The van der Waals surface area contributed by atoms with Gasteiger partial charge in [-0.3, -0.25) is 9.59 Å². The summed E-state index contributed by atoms with van der Waals surface area (Å²) in [5.74, 6) is 0.176. The van der Waals surface area contributed by atoms with E-state index in [2.05, 4.69) is 10.6 Å². The predicted molar refractivity (Wildman–Crippen MR) is 73.4 cm³/mol. The number of piperidine rings is 1. The third-order valence-corrected chi connectivity index (χ3v) is 3.90. The first-order valence-electron chi connectivity index (χ1n) is 6.92. The average Bonchev–Trinajstić information content (AvgIpc) is 2.78. The highest BCUT2D eigenvalue weighted by molar-refractivity contribution is 6.02. The van der Waals surface area contributed by atoms with Gasteiger partial charge in [-0.15, -0.1) is 0 Å². The van der Waals surface area contributed by atoms with Crippen molar-refractivity contribution in [3.05, 3.63) is 29.3 Å². The monoisotopic (exact) mass is 258 g/mol. The van der Waals surface area contributed by atoms with Crippen LogP contribution in [-0.4, -0.2) is 24.3 Å². The van der Waals surface area contributed by atoms with Gasteiger partial charge in [0.2, 0.25) is 5.91 Å². The molecule has 1 aromatic rings. The molecule has 2 N–H and O–H groups in total. The molecule has 1 amide bonds. The first-order chi connectivity index (χ1) is 9.22. The van der Waals surface area contributed by atoms with Gasteiger partial charge >= 0.3 is 0 Å². The third kappa shape index (κ3) is 2.68. The molecule has 0 saturated carbocycles. The Morgan fingerprint density at radius 3 is 3.00 bits per heavy atom. The quantitative estimate of drug-likeness (QED) is 0.814. The number of rotatable bonds is 3.